The summed E-state index contributed by atoms with van der Waals surface area (Å²) in [4.78, 5) is 15.5. The van der Waals surface area contributed by atoms with Crippen LogP contribution in [0.25, 0.3) is 16.9 Å². The molecule has 2 fully saturated rings. The number of aryl methyl sites for hydroxylation is 1. The number of carbonyl (C=O) groups is 1. The Labute approximate surface area is 187 Å². The van der Waals surface area contributed by atoms with Crippen LogP contribution >= 0.6 is 0 Å². The van der Waals surface area contributed by atoms with Crippen LogP contribution in [-0.4, -0.2) is 59.8 Å². The summed E-state index contributed by atoms with van der Waals surface area (Å²) < 4.78 is 18.6. The van der Waals surface area contributed by atoms with E-state index in [0.717, 1.165) is 28.3 Å². The molecule has 0 atom stereocenters. The van der Waals surface area contributed by atoms with Gasteiger partial charge in [-0.25, -0.2) is 4.68 Å². The van der Waals surface area contributed by atoms with Crippen molar-refractivity contribution >= 4 is 5.91 Å². The first-order valence-corrected chi connectivity index (χ1v) is 11.0. The highest BCUT2D eigenvalue weighted by Crippen LogP contribution is 2.32. The van der Waals surface area contributed by atoms with Gasteiger partial charge in [-0.2, -0.15) is 5.10 Å². The molecule has 2 saturated heterocycles. The highest BCUT2D eigenvalue weighted by molar-refractivity contribution is 5.94. The number of likely N-dealkylation sites (tertiary alicyclic amines) is 1. The summed E-state index contributed by atoms with van der Waals surface area (Å²) in [6, 6.07) is 17.6. The number of hydrogen-bond acceptors (Lipinski definition) is 5. The first-order valence-electron chi connectivity index (χ1n) is 11.0. The molecule has 1 amide bonds. The van der Waals surface area contributed by atoms with Crippen molar-refractivity contribution in [3.8, 4) is 22.7 Å². The lowest BCUT2D eigenvalue weighted by atomic mass is 10.0. The summed E-state index contributed by atoms with van der Waals surface area (Å²) in [6.07, 6.45) is 1.37. The Morgan fingerprint density at radius 3 is 2.41 bits per heavy atom. The summed E-state index contributed by atoms with van der Waals surface area (Å²) >= 11 is 0. The van der Waals surface area contributed by atoms with Gasteiger partial charge in [-0.1, -0.05) is 12.1 Å². The third-order valence-corrected chi connectivity index (χ3v) is 6.19. The average Bonchev–Trinajstić information content (AvgIpc) is 3.47. The van der Waals surface area contributed by atoms with Crippen LogP contribution in [0.1, 0.15) is 28.9 Å². The van der Waals surface area contributed by atoms with Crippen molar-refractivity contribution < 1.29 is 19.0 Å². The molecule has 3 heterocycles. The molecule has 3 aromatic rings. The fourth-order valence-corrected chi connectivity index (χ4v) is 4.39. The predicted molar refractivity (Wildman–Crippen MR) is 120 cm³/mol. The molecule has 2 aromatic carbocycles. The molecule has 0 bridgehead atoms. The Morgan fingerprint density at radius 1 is 1.03 bits per heavy atom. The molecule has 0 N–H and O–H groups in total. The number of aromatic nitrogens is 2. The van der Waals surface area contributed by atoms with Crippen LogP contribution in [0.2, 0.25) is 0 Å². The van der Waals surface area contributed by atoms with Crippen LogP contribution in [0.15, 0.2) is 54.6 Å². The van der Waals surface area contributed by atoms with Gasteiger partial charge in [-0.05, 0) is 55.0 Å². The minimum absolute atomic E-state index is 0.0355. The van der Waals surface area contributed by atoms with Crippen molar-refractivity contribution in [2.24, 2.45) is 0 Å². The van der Waals surface area contributed by atoms with Crippen LogP contribution in [0.5, 0.6) is 5.75 Å². The Kier molecular flexibility index (Phi) is 5.45. The fourth-order valence-electron chi connectivity index (χ4n) is 4.39. The summed E-state index contributed by atoms with van der Waals surface area (Å²) in [5.41, 5.74) is 4.19. The normalized spacial score (nSPS) is 17.6. The molecule has 166 valence electrons. The third-order valence-electron chi connectivity index (χ3n) is 6.19. The number of ether oxygens (including phenoxy) is 3. The van der Waals surface area contributed by atoms with Gasteiger partial charge < -0.3 is 19.1 Å². The smallest absolute Gasteiger partial charge is 0.272 e. The second-order valence-corrected chi connectivity index (χ2v) is 8.29. The van der Waals surface area contributed by atoms with Crippen molar-refractivity contribution in [1.82, 2.24) is 14.7 Å². The largest absolute Gasteiger partial charge is 0.497 e. The molecule has 0 unspecified atom stereocenters. The number of methoxy groups -OCH3 is 1. The van der Waals surface area contributed by atoms with Crippen molar-refractivity contribution in [2.45, 2.75) is 25.6 Å². The van der Waals surface area contributed by atoms with Gasteiger partial charge in [0.15, 0.2) is 5.79 Å². The van der Waals surface area contributed by atoms with Gasteiger partial charge in [-0.15, -0.1) is 0 Å². The summed E-state index contributed by atoms with van der Waals surface area (Å²) in [5.74, 6) is 0.232. The number of carbonyl (C=O) groups excluding carboxylic acids is 1. The van der Waals surface area contributed by atoms with E-state index < -0.39 is 5.79 Å². The van der Waals surface area contributed by atoms with Crippen LogP contribution in [0.3, 0.4) is 0 Å². The molecule has 7 nitrogen and oxygen atoms in total. The topological polar surface area (TPSA) is 65.8 Å². The second kappa shape index (κ2) is 8.41. The molecule has 32 heavy (non-hydrogen) atoms. The SMILES string of the molecule is COc1ccc(-c2cc(C(=O)N3CCC4(CC3)OCCO4)n(-c3cccc(C)c3)n2)cc1. The molecule has 0 radical (unpaired) electrons. The van der Waals surface area contributed by atoms with Crippen LogP contribution in [0.4, 0.5) is 0 Å². The average molecular weight is 434 g/mol. The zero-order valence-corrected chi connectivity index (χ0v) is 18.4. The van der Waals surface area contributed by atoms with E-state index in [1.54, 1.807) is 11.8 Å². The van der Waals surface area contributed by atoms with E-state index in [0.29, 0.717) is 44.8 Å². The number of nitrogens with zero attached hydrogens (tertiary/aromatic N) is 3. The molecule has 0 aliphatic carbocycles. The zero-order valence-electron chi connectivity index (χ0n) is 18.4. The first kappa shape index (κ1) is 20.7. The van der Waals surface area contributed by atoms with E-state index in [1.807, 2.05) is 66.4 Å². The first-order chi connectivity index (χ1) is 15.6. The van der Waals surface area contributed by atoms with E-state index in [-0.39, 0.29) is 5.91 Å². The Balaban J connectivity index is 1.48. The Hall–Kier alpha value is -3.16. The molecule has 5 rings (SSSR count). The van der Waals surface area contributed by atoms with Gasteiger partial charge in [-0.3, -0.25) is 4.79 Å². The second-order valence-electron chi connectivity index (χ2n) is 8.29. The van der Waals surface area contributed by atoms with E-state index in [4.69, 9.17) is 19.3 Å². The van der Waals surface area contributed by atoms with Crippen LogP contribution in [-0.2, 0) is 9.47 Å². The predicted octanol–water partition coefficient (Wildman–Crippen LogP) is 3.84. The fraction of sp³-hybridized carbons (Fsp3) is 0.360. The molecular formula is C25H27N3O4. The lowest BCUT2D eigenvalue weighted by molar-refractivity contribution is -0.181. The van der Waals surface area contributed by atoms with Gasteiger partial charge in [0.25, 0.3) is 5.91 Å². The molecule has 2 aliphatic rings. The highest BCUT2D eigenvalue weighted by Gasteiger charge is 2.41. The molecular weight excluding hydrogens is 406 g/mol. The lowest BCUT2D eigenvalue weighted by Gasteiger charge is -2.37. The number of amides is 1. The third kappa shape index (κ3) is 3.89. The Bertz CT molecular complexity index is 1110. The van der Waals surface area contributed by atoms with Crippen molar-refractivity contribution in [3.05, 3.63) is 65.9 Å². The monoisotopic (exact) mass is 433 g/mol. The van der Waals surface area contributed by atoms with E-state index in [1.165, 1.54) is 0 Å². The highest BCUT2D eigenvalue weighted by atomic mass is 16.7. The standard InChI is InChI=1S/C25H27N3O4/c1-18-4-3-5-20(16-18)28-23(17-22(26-28)19-6-8-21(30-2)9-7-19)24(29)27-12-10-25(11-13-27)31-14-15-32-25/h3-9,16-17H,10-15H2,1-2H3. The van der Waals surface area contributed by atoms with Crippen molar-refractivity contribution in [1.29, 1.82) is 0 Å². The van der Waals surface area contributed by atoms with Gasteiger partial charge in [0.2, 0.25) is 0 Å². The quantitative estimate of drug-likeness (QED) is 0.626. The molecule has 1 spiro atoms. The number of piperidine rings is 1. The molecule has 2 aliphatic heterocycles. The maximum Gasteiger partial charge on any atom is 0.272 e. The molecule has 0 saturated carbocycles. The number of hydrogen-bond donors (Lipinski definition) is 0. The molecule has 7 heteroatoms. The summed E-state index contributed by atoms with van der Waals surface area (Å²) in [5, 5.41) is 4.81. The van der Waals surface area contributed by atoms with Gasteiger partial charge >= 0.3 is 0 Å². The van der Waals surface area contributed by atoms with Crippen molar-refractivity contribution in [2.75, 3.05) is 33.4 Å². The van der Waals surface area contributed by atoms with Gasteiger partial charge in [0, 0.05) is 31.5 Å². The van der Waals surface area contributed by atoms with E-state index >= 15 is 0 Å². The Morgan fingerprint density at radius 2 is 1.75 bits per heavy atom. The van der Waals surface area contributed by atoms with Crippen molar-refractivity contribution in [3.63, 3.8) is 0 Å². The summed E-state index contributed by atoms with van der Waals surface area (Å²) in [6.45, 7) is 4.47. The van der Waals surface area contributed by atoms with Gasteiger partial charge in [0.05, 0.1) is 31.7 Å². The minimum Gasteiger partial charge on any atom is -0.497 e. The number of rotatable bonds is 4. The maximum atomic E-state index is 13.6. The van der Waals surface area contributed by atoms with Crippen LogP contribution in [0, 0.1) is 6.92 Å². The zero-order chi connectivity index (χ0) is 22.1. The van der Waals surface area contributed by atoms with E-state index in [9.17, 15) is 4.79 Å². The van der Waals surface area contributed by atoms with E-state index in [2.05, 4.69) is 0 Å². The minimum atomic E-state index is -0.512. The maximum absolute atomic E-state index is 13.6. The number of benzene rings is 2. The van der Waals surface area contributed by atoms with Gasteiger partial charge in [0.1, 0.15) is 11.4 Å². The molecule has 1 aromatic heterocycles. The lowest BCUT2D eigenvalue weighted by Crippen LogP contribution is -2.47. The summed E-state index contributed by atoms with van der Waals surface area (Å²) in [7, 11) is 1.64. The van der Waals surface area contributed by atoms with Crippen LogP contribution < -0.4 is 4.74 Å².